The lowest BCUT2D eigenvalue weighted by Crippen LogP contribution is -2.62. The average Bonchev–Trinajstić information content (AvgIpc) is 3.18. The van der Waals surface area contributed by atoms with Gasteiger partial charge in [0, 0.05) is 32.4 Å². The fourth-order valence-corrected chi connectivity index (χ4v) is 10.5. The van der Waals surface area contributed by atoms with E-state index in [9.17, 15) is 0 Å². The quantitative estimate of drug-likeness (QED) is 0.170. The number of nitrogens with zero attached hydrogens (tertiary/aromatic N) is 2. The molecule has 4 heteroatoms. The molecule has 0 fully saturated rings. The molecule has 250 valence electrons. The largest absolute Gasteiger partial charge is 0.376 e. The van der Waals surface area contributed by atoms with Gasteiger partial charge in [-0.3, -0.25) is 0 Å². The van der Waals surface area contributed by atoms with Crippen LogP contribution in [-0.4, -0.2) is 6.85 Å². The first kappa shape index (κ1) is 30.6. The summed E-state index contributed by atoms with van der Waals surface area (Å²) < 4.78 is 0. The normalized spacial score (nSPS) is 13.4. The van der Waals surface area contributed by atoms with Gasteiger partial charge in [-0.15, -0.1) is 0 Å². The Morgan fingerprint density at radius 3 is 1.96 bits per heavy atom. The summed E-state index contributed by atoms with van der Waals surface area (Å²) in [6.07, 6.45) is 0. The Labute approximate surface area is 315 Å². The highest BCUT2D eigenvalue weighted by atomic mass is 32.2. The molecule has 0 aliphatic carbocycles. The number of benzene rings is 8. The van der Waals surface area contributed by atoms with E-state index < -0.39 is 0 Å². The topological polar surface area (TPSA) is 6.48 Å². The monoisotopic (exact) mass is 694 g/mol. The number of hydrogen-bond acceptors (Lipinski definition) is 3. The number of rotatable bonds is 3. The Morgan fingerprint density at radius 1 is 0.491 bits per heavy atom. The fourth-order valence-electron chi connectivity index (χ4n) is 9.35. The Bertz CT molecular complexity index is 2780. The molecule has 0 saturated carbocycles. The molecule has 8 aromatic carbocycles. The molecule has 0 amide bonds. The van der Waals surface area contributed by atoms with Crippen LogP contribution >= 0.6 is 11.8 Å². The van der Waals surface area contributed by atoms with Gasteiger partial charge in [0.2, 0.25) is 0 Å². The maximum atomic E-state index is 2.63. The molecule has 0 bridgehead atoms. The van der Waals surface area contributed by atoms with Crippen molar-refractivity contribution in [2.24, 2.45) is 0 Å². The first-order valence-electron chi connectivity index (χ1n) is 18.5. The highest BCUT2D eigenvalue weighted by molar-refractivity contribution is 7.99. The lowest BCUT2D eigenvalue weighted by Gasteiger charge is -2.47. The van der Waals surface area contributed by atoms with E-state index in [1.54, 1.807) is 0 Å². The van der Waals surface area contributed by atoms with Gasteiger partial charge in [0.05, 0.1) is 11.4 Å². The van der Waals surface area contributed by atoms with Gasteiger partial charge in [-0.1, -0.05) is 120 Å². The summed E-state index contributed by atoms with van der Waals surface area (Å²) in [6.45, 7) is 6.72. The van der Waals surface area contributed by atoms with Crippen molar-refractivity contribution in [2.45, 2.75) is 30.6 Å². The lowest BCUT2D eigenvalue weighted by atomic mass is 9.43. The number of para-hydroxylation sites is 2. The van der Waals surface area contributed by atoms with Gasteiger partial charge < -0.3 is 9.71 Å². The minimum Gasteiger partial charge on any atom is -0.376 e. The van der Waals surface area contributed by atoms with Crippen LogP contribution in [0.15, 0.2) is 168 Å². The van der Waals surface area contributed by atoms with Crippen LogP contribution in [0, 0.1) is 20.8 Å². The van der Waals surface area contributed by atoms with Crippen molar-refractivity contribution < 1.29 is 0 Å². The van der Waals surface area contributed by atoms with E-state index in [4.69, 9.17) is 0 Å². The van der Waals surface area contributed by atoms with Crippen LogP contribution in [0.4, 0.5) is 28.4 Å². The van der Waals surface area contributed by atoms with Crippen molar-refractivity contribution in [3.05, 3.63) is 174 Å². The minimum absolute atomic E-state index is 0.0254. The van der Waals surface area contributed by atoms with Crippen molar-refractivity contribution in [2.75, 3.05) is 9.71 Å². The van der Waals surface area contributed by atoms with Crippen LogP contribution in [0.25, 0.3) is 44.2 Å². The van der Waals surface area contributed by atoms with Crippen molar-refractivity contribution >= 4 is 68.7 Å². The number of hydrogen-bond donors (Lipinski definition) is 0. The molecular formula is C49H35BN2S. The first-order valence-corrected chi connectivity index (χ1v) is 19.3. The van der Waals surface area contributed by atoms with Crippen LogP contribution in [-0.2, 0) is 0 Å². The highest BCUT2D eigenvalue weighted by Gasteiger charge is 2.47. The Kier molecular flexibility index (Phi) is 6.66. The van der Waals surface area contributed by atoms with Crippen LogP contribution in [0.2, 0.25) is 0 Å². The average molecular weight is 695 g/mol. The van der Waals surface area contributed by atoms with Gasteiger partial charge in [-0.05, 0) is 136 Å². The van der Waals surface area contributed by atoms with Crippen molar-refractivity contribution in [1.29, 1.82) is 0 Å². The van der Waals surface area contributed by atoms with Gasteiger partial charge in [0.25, 0.3) is 0 Å². The smallest absolute Gasteiger partial charge is 0.333 e. The maximum absolute atomic E-state index is 2.63. The number of anilines is 5. The molecular weight excluding hydrogens is 659 g/mol. The Balaban J connectivity index is 1.25. The summed E-state index contributed by atoms with van der Waals surface area (Å²) in [6, 6.07) is 59.1. The van der Waals surface area contributed by atoms with Gasteiger partial charge in [-0.2, -0.15) is 0 Å². The van der Waals surface area contributed by atoms with Crippen LogP contribution in [0.3, 0.4) is 0 Å². The summed E-state index contributed by atoms with van der Waals surface area (Å²) in [5.74, 6) is 0. The molecule has 3 aliphatic rings. The molecule has 0 aromatic heterocycles. The zero-order valence-electron chi connectivity index (χ0n) is 29.9. The lowest BCUT2D eigenvalue weighted by molar-refractivity contribution is 1.17. The van der Waals surface area contributed by atoms with E-state index in [0.29, 0.717) is 0 Å². The standard InChI is InChI=1S/C49H35BN2S/c1-30-24-31(2)47(32(3)25-30)37-27-40-39-26-35-14-7-8-15-36(35)28-43(39)52(38-22-20-34(21-23-38)33-12-5-4-6-13-33)50-41-16-11-19-46-49(41)51(44(29-37)48(40)50)42-17-9-10-18-45(42)53-46/h4-29H,1-3H3. The summed E-state index contributed by atoms with van der Waals surface area (Å²) in [5, 5.41) is 2.50. The third kappa shape index (κ3) is 4.55. The minimum atomic E-state index is -0.0254. The van der Waals surface area contributed by atoms with E-state index in [2.05, 4.69) is 188 Å². The molecule has 8 aromatic rings. The molecule has 0 unspecified atom stereocenters. The molecule has 11 rings (SSSR count). The third-order valence-electron chi connectivity index (χ3n) is 11.4. The van der Waals surface area contributed by atoms with Gasteiger partial charge in [0.15, 0.2) is 0 Å². The predicted molar refractivity (Wildman–Crippen MR) is 227 cm³/mol. The molecule has 0 N–H and O–H groups in total. The predicted octanol–water partition coefficient (Wildman–Crippen LogP) is 12.3. The van der Waals surface area contributed by atoms with Gasteiger partial charge >= 0.3 is 6.85 Å². The number of fused-ring (bicyclic) bond motifs is 7. The summed E-state index contributed by atoms with van der Waals surface area (Å²) in [7, 11) is 0. The second kappa shape index (κ2) is 11.5. The van der Waals surface area contributed by atoms with Crippen LogP contribution in [0.5, 0.6) is 0 Å². The van der Waals surface area contributed by atoms with Crippen molar-refractivity contribution in [3.8, 4) is 33.4 Å². The third-order valence-corrected chi connectivity index (χ3v) is 12.6. The van der Waals surface area contributed by atoms with E-state index in [-0.39, 0.29) is 6.85 Å². The highest BCUT2D eigenvalue weighted by Crippen LogP contribution is 2.55. The first-order chi connectivity index (χ1) is 26.0. The second-order valence-electron chi connectivity index (χ2n) is 14.7. The van der Waals surface area contributed by atoms with E-state index in [0.717, 1.165) is 0 Å². The summed E-state index contributed by atoms with van der Waals surface area (Å²) >= 11 is 1.89. The second-order valence-corrected chi connectivity index (χ2v) is 15.8. The molecule has 0 radical (unpaired) electrons. The zero-order chi connectivity index (χ0) is 35.4. The maximum Gasteiger partial charge on any atom is 0.333 e. The summed E-state index contributed by atoms with van der Waals surface area (Å²) in [5.41, 5.74) is 20.5. The van der Waals surface area contributed by atoms with E-state index in [1.165, 1.54) is 110 Å². The van der Waals surface area contributed by atoms with Crippen molar-refractivity contribution in [1.82, 2.24) is 0 Å². The molecule has 53 heavy (non-hydrogen) atoms. The Morgan fingerprint density at radius 2 is 1.17 bits per heavy atom. The van der Waals surface area contributed by atoms with E-state index in [1.807, 2.05) is 11.8 Å². The zero-order valence-corrected chi connectivity index (χ0v) is 30.7. The molecule has 0 saturated heterocycles. The number of aryl methyl sites for hydroxylation is 3. The molecule has 3 aliphatic heterocycles. The molecule has 0 spiro atoms. The summed E-state index contributed by atoms with van der Waals surface area (Å²) in [4.78, 5) is 7.79. The van der Waals surface area contributed by atoms with E-state index >= 15 is 0 Å². The molecule has 3 heterocycles. The molecule has 0 atom stereocenters. The Hall–Kier alpha value is -5.97. The van der Waals surface area contributed by atoms with Crippen LogP contribution in [0.1, 0.15) is 16.7 Å². The van der Waals surface area contributed by atoms with Gasteiger partial charge in [-0.25, -0.2) is 0 Å². The van der Waals surface area contributed by atoms with Crippen molar-refractivity contribution in [3.63, 3.8) is 0 Å². The fraction of sp³-hybridized carbons (Fsp3) is 0.0612. The SMILES string of the molecule is Cc1cc(C)c(-c2cc3c4c(c2)N2c5ccccc5Sc5cccc(c52)B4N(c2ccc(-c4ccccc4)cc2)c2cc4ccccc4cc2-3)c(C)c1. The van der Waals surface area contributed by atoms with Crippen LogP contribution < -0.4 is 20.6 Å². The molecule has 2 nitrogen and oxygen atoms in total. The van der Waals surface area contributed by atoms with Gasteiger partial charge in [0.1, 0.15) is 0 Å².